The molecule has 0 N–H and O–H groups in total. The number of nitrogens with zero attached hydrogens (tertiary/aromatic N) is 3. The van der Waals surface area contributed by atoms with Gasteiger partial charge in [-0.05, 0) is 67.0 Å². The molecule has 1 heterocycles. The molecule has 0 spiro atoms. The fourth-order valence-electron chi connectivity index (χ4n) is 5.62. The smallest absolute Gasteiger partial charge is 0.247 e. The normalized spacial score (nSPS) is 13.1. The summed E-state index contributed by atoms with van der Waals surface area (Å²) in [4.78, 5) is 21.3. The molecule has 0 aliphatic carbocycles. The monoisotopic (exact) mass is 525 g/mol. The Kier molecular flexibility index (Phi) is 9.24. The first-order valence-electron chi connectivity index (χ1n) is 14.2. The summed E-state index contributed by atoms with van der Waals surface area (Å²) in [6, 6.07) is 23.1. The van der Waals surface area contributed by atoms with E-state index in [0.717, 1.165) is 46.5 Å². The van der Waals surface area contributed by atoms with E-state index in [1.807, 2.05) is 23.1 Å². The number of fused-ring (bicyclic) bond motifs is 1. The van der Waals surface area contributed by atoms with Crippen molar-refractivity contribution < 1.29 is 9.53 Å². The predicted octanol–water partition coefficient (Wildman–Crippen LogP) is 7.33. The highest BCUT2D eigenvalue weighted by Gasteiger charge is 2.28. The van der Waals surface area contributed by atoms with E-state index < -0.39 is 0 Å². The minimum absolute atomic E-state index is 0.0347. The first kappa shape index (κ1) is 28.6. The lowest BCUT2D eigenvalue weighted by atomic mass is 9.96. The second kappa shape index (κ2) is 12.6. The van der Waals surface area contributed by atoms with Crippen LogP contribution in [0, 0.1) is 12.8 Å². The molecular formula is C34H43N3O2. The van der Waals surface area contributed by atoms with Gasteiger partial charge in [0.25, 0.3) is 0 Å². The number of benzene rings is 3. The number of amides is 1. The molecule has 1 amide bonds. The zero-order valence-electron chi connectivity index (χ0n) is 24.6. The van der Waals surface area contributed by atoms with Gasteiger partial charge in [-0.15, -0.1) is 0 Å². The van der Waals surface area contributed by atoms with Crippen LogP contribution in [0.5, 0.6) is 0 Å². The number of aromatic nitrogens is 2. The third-order valence-electron chi connectivity index (χ3n) is 7.55. The summed E-state index contributed by atoms with van der Waals surface area (Å²) in [5, 5.41) is 0. The first-order valence-corrected chi connectivity index (χ1v) is 14.2. The van der Waals surface area contributed by atoms with Crippen LogP contribution in [0.4, 0.5) is 5.69 Å². The van der Waals surface area contributed by atoms with Gasteiger partial charge in [0.1, 0.15) is 12.4 Å². The Morgan fingerprint density at radius 2 is 1.69 bits per heavy atom. The van der Waals surface area contributed by atoms with Crippen LogP contribution in [0.3, 0.4) is 0 Å². The van der Waals surface area contributed by atoms with Crippen LogP contribution >= 0.6 is 0 Å². The first-order chi connectivity index (χ1) is 18.7. The molecular weight excluding hydrogens is 482 g/mol. The van der Waals surface area contributed by atoms with Gasteiger partial charge in [-0.25, -0.2) is 4.98 Å². The molecule has 1 aromatic heterocycles. The quantitative estimate of drug-likeness (QED) is 0.206. The van der Waals surface area contributed by atoms with Crippen molar-refractivity contribution in [3.05, 3.63) is 94.8 Å². The maximum Gasteiger partial charge on any atom is 0.247 e. The molecule has 206 valence electrons. The van der Waals surface area contributed by atoms with E-state index >= 15 is 0 Å². The van der Waals surface area contributed by atoms with Crippen molar-refractivity contribution >= 4 is 22.6 Å². The SMILES string of the molecule is CCc1cccc(C)c1N(C(=O)Cn1c([C@H](C)c2ccc(CC(C)C)cc2)nc2ccccc21)[C@H](C)COC. The van der Waals surface area contributed by atoms with Crippen molar-refractivity contribution in [3.8, 4) is 0 Å². The molecule has 4 rings (SSSR count). The van der Waals surface area contributed by atoms with E-state index in [1.165, 1.54) is 11.1 Å². The number of rotatable bonds is 11. The maximum absolute atomic E-state index is 14.3. The van der Waals surface area contributed by atoms with Crippen molar-refractivity contribution in [1.29, 1.82) is 0 Å². The van der Waals surface area contributed by atoms with Crippen molar-refractivity contribution in [3.63, 3.8) is 0 Å². The molecule has 2 atom stereocenters. The van der Waals surface area contributed by atoms with Gasteiger partial charge < -0.3 is 14.2 Å². The van der Waals surface area contributed by atoms with E-state index in [0.29, 0.717) is 12.5 Å². The molecule has 0 bridgehead atoms. The second-order valence-electron chi connectivity index (χ2n) is 11.1. The third-order valence-corrected chi connectivity index (χ3v) is 7.55. The minimum Gasteiger partial charge on any atom is -0.383 e. The Balaban J connectivity index is 1.75. The molecule has 0 aliphatic heterocycles. The Hall–Kier alpha value is -3.44. The fraction of sp³-hybridized carbons (Fsp3) is 0.412. The fourth-order valence-corrected chi connectivity index (χ4v) is 5.62. The molecule has 5 nitrogen and oxygen atoms in total. The largest absolute Gasteiger partial charge is 0.383 e. The lowest BCUT2D eigenvalue weighted by Crippen LogP contribution is -2.44. The summed E-state index contributed by atoms with van der Waals surface area (Å²) in [7, 11) is 1.69. The van der Waals surface area contributed by atoms with E-state index in [1.54, 1.807) is 7.11 Å². The number of carbonyl (C=O) groups excluding carboxylic acids is 1. The van der Waals surface area contributed by atoms with E-state index in [9.17, 15) is 4.79 Å². The van der Waals surface area contributed by atoms with E-state index in [2.05, 4.69) is 94.6 Å². The number of hydrogen-bond acceptors (Lipinski definition) is 3. The van der Waals surface area contributed by atoms with Crippen LogP contribution in [-0.4, -0.2) is 35.2 Å². The van der Waals surface area contributed by atoms with Crippen LogP contribution in [0.15, 0.2) is 66.7 Å². The molecule has 3 aromatic carbocycles. The molecule has 0 unspecified atom stereocenters. The minimum atomic E-state index is -0.113. The Morgan fingerprint density at radius 3 is 2.36 bits per heavy atom. The average Bonchev–Trinajstić information content (AvgIpc) is 3.27. The number of hydrogen-bond donors (Lipinski definition) is 0. The van der Waals surface area contributed by atoms with E-state index in [4.69, 9.17) is 9.72 Å². The molecule has 5 heteroatoms. The summed E-state index contributed by atoms with van der Waals surface area (Å²) < 4.78 is 7.63. The maximum atomic E-state index is 14.3. The average molecular weight is 526 g/mol. The van der Waals surface area contributed by atoms with Crippen LogP contribution in [0.1, 0.15) is 68.6 Å². The van der Waals surface area contributed by atoms with Gasteiger partial charge in [-0.1, -0.05) is 82.3 Å². The number of ether oxygens (including phenoxy) is 1. The third kappa shape index (κ3) is 6.25. The molecule has 0 saturated heterocycles. The van der Waals surface area contributed by atoms with Gasteiger partial charge in [0.15, 0.2) is 0 Å². The van der Waals surface area contributed by atoms with Crippen LogP contribution in [0.2, 0.25) is 0 Å². The van der Waals surface area contributed by atoms with Gasteiger partial charge >= 0.3 is 0 Å². The zero-order valence-corrected chi connectivity index (χ0v) is 24.6. The number of imidazole rings is 1. The predicted molar refractivity (Wildman–Crippen MR) is 162 cm³/mol. The van der Waals surface area contributed by atoms with Crippen molar-refractivity contribution in [2.75, 3.05) is 18.6 Å². The van der Waals surface area contributed by atoms with Gasteiger partial charge in [0, 0.05) is 13.0 Å². The summed E-state index contributed by atoms with van der Waals surface area (Å²) in [5.74, 6) is 1.59. The van der Waals surface area contributed by atoms with Gasteiger partial charge in [0.05, 0.1) is 29.4 Å². The van der Waals surface area contributed by atoms with Crippen molar-refractivity contribution in [2.45, 2.75) is 72.9 Å². The number of anilines is 1. The molecule has 4 aromatic rings. The molecule has 0 aliphatic rings. The highest BCUT2D eigenvalue weighted by Crippen LogP contribution is 2.31. The van der Waals surface area contributed by atoms with E-state index in [-0.39, 0.29) is 24.4 Å². The van der Waals surface area contributed by atoms with Gasteiger partial charge in [0.2, 0.25) is 5.91 Å². The van der Waals surface area contributed by atoms with Crippen LogP contribution in [0.25, 0.3) is 11.0 Å². The van der Waals surface area contributed by atoms with Crippen LogP contribution < -0.4 is 4.90 Å². The zero-order chi connectivity index (χ0) is 28.1. The van der Waals surface area contributed by atoms with Gasteiger partial charge in [-0.2, -0.15) is 0 Å². The summed E-state index contributed by atoms with van der Waals surface area (Å²) in [6.45, 7) is 13.6. The summed E-state index contributed by atoms with van der Waals surface area (Å²) in [5.41, 5.74) is 7.68. The number of para-hydroxylation sites is 3. The second-order valence-corrected chi connectivity index (χ2v) is 11.1. The Morgan fingerprint density at radius 1 is 0.974 bits per heavy atom. The number of aryl methyl sites for hydroxylation is 2. The lowest BCUT2D eigenvalue weighted by molar-refractivity contribution is -0.119. The van der Waals surface area contributed by atoms with Crippen molar-refractivity contribution in [1.82, 2.24) is 9.55 Å². The Bertz CT molecular complexity index is 1400. The molecule has 0 fully saturated rings. The van der Waals surface area contributed by atoms with Crippen LogP contribution in [-0.2, 0) is 28.9 Å². The highest BCUT2D eigenvalue weighted by molar-refractivity contribution is 5.96. The standard InChI is InChI=1S/C34H43N3O2/c1-8-28-13-11-12-24(4)33(28)37(25(5)22-39-7)32(38)21-36-31-15-10-9-14-30(31)35-34(36)26(6)29-18-16-27(17-19-29)20-23(2)3/h9-19,23,25-26H,8,20-22H2,1-7H3/t25-,26-/m1/s1. The van der Waals surface area contributed by atoms with Crippen molar-refractivity contribution in [2.24, 2.45) is 5.92 Å². The summed E-state index contributed by atoms with van der Waals surface area (Å²) in [6.07, 6.45) is 1.92. The molecule has 39 heavy (non-hydrogen) atoms. The topological polar surface area (TPSA) is 47.4 Å². The lowest BCUT2D eigenvalue weighted by Gasteiger charge is -2.32. The number of carbonyl (C=O) groups is 1. The molecule has 0 saturated carbocycles. The Labute approximate surface area is 233 Å². The molecule has 0 radical (unpaired) electrons. The summed E-state index contributed by atoms with van der Waals surface area (Å²) >= 11 is 0. The van der Waals surface area contributed by atoms with Gasteiger partial charge in [-0.3, -0.25) is 4.79 Å². The number of methoxy groups -OCH3 is 1. The highest BCUT2D eigenvalue weighted by atomic mass is 16.5.